The molecule has 0 aromatic rings. The fourth-order valence-electron chi connectivity index (χ4n) is 3.58. The summed E-state index contributed by atoms with van der Waals surface area (Å²) >= 11 is 0. The summed E-state index contributed by atoms with van der Waals surface area (Å²) in [6.07, 6.45) is 3.45. The standard InChI is InChI=1S/C21H43N3O7S2/c1-8-21(25)22(13-9-15-23(4,5)19(2)11-17-32(26,27)28)14-10-16-24(6,7)20(3)12-18-33(29,30)31/h8,19-20H,1,9-18H2,2-7H3/p+2. The van der Waals surface area contributed by atoms with Crippen LogP contribution in [-0.4, -0.2) is 124 Å². The van der Waals surface area contributed by atoms with Gasteiger partial charge in [-0.25, -0.2) is 0 Å². The number of hydrogen-bond donors (Lipinski definition) is 2. The molecule has 10 nitrogen and oxygen atoms in total. The number of nitrogens with zero attached hydrogens (tertiary/aromatic N) is 3. The van der Waals surface area contributed by atoms with E-state index in [-0.39, 0.29) is 29.5 Å². The maximum absolute atomic E-state index is 12.3. The van der Waals surface area contributed by atoms with Crippen LogP contribution in [0, 0.1) is 0 Å². The monoisotopic (exact) mass is 515 g/mol. The van der Waals surface area contributed by atoms with Crippen LogP contribution in [0.4, 0.5) is 0 Å². The zero-order valence-corrected chi connectivity index (χ0v) is 22.7. The van der Waals surface area contributed by atoms with Crippen molar-refractivity contribution in [3.63, 3.8) is 0 Å². The van der Waals surface area contributed by atoms with E-state index in [0.29, 0.717) is 34.9 Å². The molecule has 0 saturated carbocycles. The van der Waals surface area contributed by atoms with Crippen molar-refractivity contribution < 1.29 is 39.7 Å². The molecule has 2 N–H and O–H groups in total. The van der Waals surface area contributed by atoms with Crippen molar-refractivity contribution in [2.75, 3.05) is 65.9 Å². The Kier molecular flexibility index (Phi) is 12.7. The van der Waals surface area contributed by atoms with Crippen molar-refractivity contribution in [2.24, 2.45) is 0 Å². The molecule has 0 saturated heterocycles. The first kappa shape index (κ1) is 31.9. The van der Waals surface area contributed by atoms with Gasteiger partial charge in [0.15, 0.2) is 0 Å². The van der Waals surface area contributed by atoms with Crippen molar-refractivity contribution in [1.29, 1.82) is 0 Å². The molecule has 0 fully saturated rings. The first-order valence-corrected chi connectivity index (χ1v) is 14.5. The third kappa shape index (κ3) is 14.1. The SMILES string of the molecule is C=CC(=O)N(CCC[N+](C)(C)C(C)CCS(=O)(=O)O)CCC[N+](C)(C)C(C)CCS(=O)(=O)O. The van der Waals surface area contributed by atoms with Crippen LogP contribution in [0.2, 0.25) is 0 Å². The van der Waals surface area contributed by atoms with Crippen molar-refractivity contribution in [3.8, 4) is 0 Å². The second kappa shape index (κ2) is 13.1. The molecule has 0 aliphatic carbocycles. The number of hydrogen-bond acceptors (Lipinski definition) is 5. The van der Waals surface area contributed by atoms with Crippen LogP contribution < -0.4 is 0 Å². The minimum absolute atomic E-state index is 0.0257. The van der Waals surface area contributed by atoms with Gasteiger partial charge in [0.25, 0.3) is 20.2 Å². The van der Waals surface area contributed by atoms with Crippen molar-refractivity contribution in [3.05, 3.63) is 12.7 Å². The van der Waals surface area contributed by atoms with Gasteiger partial charge in [-0.05, 0) is 19.9 Å². The molecule has 196 valence electrons. The number of quaternary nitrogens is 2. The molecular weight excluding hydrogens is 470 g/mol. The summed E-state index contributed by atoms with van der Waals surface area (Å²) < 4.78 is 63.2. The Hall–Kier alpha value is -1.05. The van der Waals surface area contributed by atoms with Gasteiger partial charge in [0.05, 0.1) is 64.9 Å². The highest BCUT2D eigenvalue weighted by Crippen LogP contribution is 2.15. The Morgan fingerprint density at radius 3 is 1.45 bits per heavy atom. The lowest BCUT2D eigenvalue weighted by atomic mass is 10.1. The van der Waals surface area contributed by atoms with Gasteiger partial charge in [0.2, 0.25) is 5.91 Å². The van der Waals surface area contributed by atoms with Gasteiger partial charge in [0, 0.05) is 38.8 Å². The zero-order valence-electron chi connectivity index (χ0n) is 21.1. The molecule has 1 amide bonds. The average Bonchev–Trinajstić information content (AvgIpc) is 2.66. The van der Waals surface area contributed by atoms with Gasteiger partial charge in [-0.15, -0.1) is 0 Å². The first-order valence-electron chi connectivity index (χ1n) is 11.3. The van der Waals surface area contributed by atoms with E-state index >= 15 is 0 Å². The largest absolute Gasteiger partial charge is 0.339 e. The minimum atomic E-state index is -3.99. The maximum Gasteiger partial charge on any atom is 0.265 e. The van der Waals surface area contributed by atoms with Gasteiger partial charge < -0.3 is 13.9 Å². The summed E-state index contributed by atoms with van der Waals surface area (Å²) in [4.78, 5) is 14.1. The number of carbonyl (C=O) groups excluding carboxylic acids is 1. The lowest BCUT2D eigenvalue weighted by Crippen LogP contribution is -2.50. The van der Waals surface area contributed by atoms with E-state index in [1.165, 1.54) is 6.08 Å². The van der Waals surface area contributed by atoms with Gasteiger partial charge in [-0.3, -0.25) is 13.9 Å². The quantitative estimate of drug-likeness (QED) is 0.169. The molecule has 0 aromatic carbocycles. The second-order valence-corrected chi connectivity index (χ2v) is 13.2. The summed E-state index contributed by atoms with van der Waals surface area (Å²) in [6, 6.07) is 0.0515. The van der Waals surface area contributed by atoms with Gasteiger partial charge in [-0.1, -0.05) is 6.58 Å². The van der Waals surface area contributed by atoms with E-state index in [1.54, 1.807) is 4.90 Å². The maximum atomic E-state index is 12.3. The van der Waals surface area contributed by atoms with E-state index in [9.17, 15) is 21.6 Å². The van der Waals surface area contributed by atoms with E-state index < -0.39 is 20.2 Å². The Morgan fingerprint density at radius 2 is 1.18 bits per heavy atom. The predicted molar refractivity (Wildman–Crippen MR) is 131 cm³/mol. The highest BCUT2D eigenvalue weighted by molar-refractivity contribution is 7.86. The van der Waals surface area contributed by atoms with Crippen LogP contribution in [-0.2, 0) is 25.0 Å². The zero-order chi connectivity index (χ0) is 26.1. The highest BCUT2D eigenvalue weighted by atomic mass is 32.2. The lowest BCUT2D eigenvalue weighted by molar-refractivity contribution is -0.913. The van der Waals surface area contributed by atoms with Crippen molar-refractivity contribution in [1.82, 2.24) is 4.90 Å². The Bertz CT molecular complexity index is 780. The topological polar surface area (TPSA) is 129 Å². The molecule has 0 aliphatic heterocycles. The summed E-state index contributed by atoms with van der Waals surface area (Å²) in [5.74, 6) is -0.689. The number of rotatable bonds is 17. The molecule has 2 unspecified atom stereocenters. The molecule has 0 spiro atoms. The third-order valence-corrected chi connectivity index (χ3v) is 8.29. The first-order chi connectivity index (χ1) is 14.8. The van der Waals surface area contributed by atoms with Crippen LogP contribution in [0.5, 0.6) is 0 Å². The highest BCUT2D eigenvalue weighted by Gasteiger charge is 2.27. The predicted octanol–water partition coefficient (Wildman–Crippen LogP) is 1.27. The van der Waals surface area contributed by atoms with Crippen LogP contribution in [0.1, 0.15) is 39.5 Å². The molecule has 0 aromatic heterocycles. The Labute approximate surface area is 200 Å². The molecule has 0 heterocycles. The second-order valence-electron chi connectivity index (χ2n) is 10.1. The lowest BCUT2D eigenvalue weighted by Gasteiger charge is -2.37. The molecule has 33 heavy (non-hydrogen) atoms. The van der Waals surface area contributed by atoms with Crippen LogP contribution in [0.3, 0.4) is 0 Å². The minimum Gasteiger partial charge on any atom is -0.339 e. The van der Waals surface area contributed by atoms with Crippen molar-refractivity contribution in [2.45, 2.75) is 51.6 Å². The summed E-state index contributed by atoms with van der Waals surface area (Å²) in [6.45, 7) is 10.0. The van der Waals surface area contributed by atoms with E-state index in [1.807, 2.05) is 42.0 Å². The van der Waals surface area contributed by atoms with Crippen LogP contribution in [0.15, 0.2) is 12.7 Å². The summed E-state index contributed by atoms with van der Waals surface area (Å²) in [5, 5.41) is 0. The van der Waals surface area contributed by atoms with Gasteiger partial charge >= 0.3 is 0 Å². The van der Waals surface area contributed by atoms with Crippen molar-refractivity contribution >= 4 is 26.1 Å². The fraction of sp³-hybridized carbons (Fsp3) is 0.857. The molecule has 0 radical (unpaired) electrons. The fourth-order valence-corrected chi connectivity index (χ4v) is 4.86. The third-order valence-electron chi connectivity index (χ3n) is 6.78. The Morgan fingerprint density at radius 1 is 0.848 bits per heavy atom. The molecule has 0 aliphatic rings. The van der Waals surface area contributed by atoms with E-state index in [2.05, 4.69) is 6.58 Å². The summed E-state index contributed by atoms with van der Waals surface area (Å²) in [5.41, 5.74) is 0. The van der Waals surface area contributed by atoms with Gasteiger partial charge in [0.1, 0.15) is 0 Å². The molecular formula is C21H45N3O7S2+2. The molecule has 0 rings (SSSR count). The summed E-state index contributed by atoms with van der Waals surface area (Å²) in [7, 11) is 0.0382. The molecule has 0 bridgehead atoms. The normalized spacial score (nSPS) is 15.2. The number of carbonyl (C=O) groups is 1. The number of amides is 1. The Balaban J connectivity index is 4.76. The van der Waals surface area contributed by atoms with E-state index in [0.717, 1.165) is 25.9 Å². The average molecular weight is 516 g/mol. The van der Waals surface area contributed by atoms with Gasteiger partial charge in [-0.2, -0.15) is 16.8 Å². The smallest absolute Gasteiger partial charge is 0.265 e. The van der Waals surface area contributed by atoms with Crippen LogP contribution >= 0.6 is 0 Å². The molecule has 2 atom stereocenters. The van der Waals surface area contributed by atoms with Crippen LogP contribution in [0.25, 0.3) is 0 Å². The van der Waals surface area contributed by atoms with E-state index in [4.69, 9.17) is 9.11 Å². The molecule has 12 heteroatoms.